The van der Waals surface area contributed by atoms with Gasteiger partial charge in [-0.2, -0.15) is 0 Å². The molecule has 0 aromatic heterocycles. The van der Waals surface area contributed by atoms with Crippen molar-refractivity contribution >= 4 is 5.91 Å². The predicted octanol–water partition coefficient (Wildman–Crippen LogP) is 2.52. The van der Waals surface area contributed by atoms with Gasteiger partial charge in [-0.1, -0.05) is 13.8 Å². The van der Waals surface area contributed by atoms with Crippen molar-refractivity contribution in [3.05, 3.63) is 0 Å². The number of nitrogens with zero attached hydrogens (tertiary/aromatic N) is 1. The Balaban J connectivity index is 0.00000289. The molecular formula is C14H30N2O. The van der Waals surface area contributed by atoms with Crippen molar-refractivity contribution < 1.29 is 6.22 Å². The first-order chi connectivity index (χ1) is 8.00. The number of nitrogens with one attached hydrogen (secondary N) is 1. The van der Waals surface area contributed by atoms with Crippen molar-refractivity contribution in [2.45, 2.75) is 53.0 Å². The number of piperidine rings is 1. The van der Waals surface area contributed by atoms with E-state index >= 15 is 0 Å². The highest BCUT2D eigenvalue weighted by Crippen LogP contribution is 2.21. The lowest BCUT2D eigenvalue weighted by atomic mass is 9.93. The Hall–Kier alpha value is -0.570. The fourth-order valence-electron chi connectivity index (χ4n) is 2.36. The SMILES string of the molecule is CC(C)C(=O)NCCC1CCN(C(C)C)CC1.[HH]. The van der Waals surface area contributed by atoms with Gasteiger partial charge in [0.15, 0.2) is 0 Å². The fourth-order valence-corrected chi connectivity index (χ4v) is 2.36. The van der Waals surface area contributed by atoms with Crippen LogP contribution >= 0.6 is 0 Å². The zero-order valence-corrected chi connectivity index (χ0v) is 11.8. The highest BCUT2D eigenvalue weighted by atomic mass is 16.1. The van der Waals surface area contributed by atoms with Crippen molar-refractivity contribution in [3.63, 3.8) is 0 Å². The topological polar surface area (TPSA) is 32.3 Å². The minimum atomic E-state index is 0. The molecule has 0 saturated carbocycles. The average molecular weight is 242 g/mol. The Kier molecular flexibility index (Phi) is 5.96. The standard InChI is InChI=1S/C14H28N2O.H2/c1-11(2)14(17)15-8-5-13-6-9-16(10-7-13)12(3)4;/h11-13H,5-10H2,1-4H3,(H,15,17);1H. The average Bonchev–Trinajstić information content (AvgIpc) is 2.29. The Morgan fingerprint density at radius 2 is 1.88 bits per heavy atom. The van der Waals surface area contributed by atoms with E-state index in [-0.39, 0.29) is 13.3 Å². The number of likely N-dealkylation sites (tertiary alicyclic amines) is 1. The highest BCUT2D eigenvalue weighted by Gasteiger charge is 2.20. The summed E-state index contributed by atoms with van der Waals surface area (Å²) in [6, 6.07) is 0.677. The van der Waals surface area contributed by atoms with Crippen molar-refractivity contribution in [2.24, 2.45) is 11.8 Å². The van der Waals surface area contributed by atoms with Gasteiger partial charge in [-0.15, -0.1) is 0 Å². The van der Waals surface area contributed by atoms with Gasteiger partial charge in [0.25, 0.3) is 0 Å². The molecule has 0 aliphatic carbocycles. The van der Waals surface area contributed by atoms with Crippen molar-refractivity contribution in [3.8, 4) is 0 Å². The molecule has 3 heteroatoms. The van der Waals surface area contributed by atoms with Crippen molar-refractivity contribution in [1.82, 2.24) is 10.2 Å². The van der Waals surface area contributed by atoms with Gasteiger partial charge in [-0.05, 0) is 52.1 Å². The molecule has 17 heavy (non-hydrogen) atoms. The van der Waals surface area contributed by atoms with Crippen LogP contribution in [0.15, 0.2) is 0 Å². The number of hydrogen-bond donors (Lipinski definition) is 1. The Morgan fingerprint density at radius 1 is 1.29 bits per heavy atom. The van der Waals surface area contributed by atoms with E-state index in [1.165, 1.54) is 25.9 Å². The van der Waals surface area contributed by atoms with Gasteiger partial charge in [-0.3, -0.25) is 4.79 Å². The van der Waals surface area contributed by atoms with Crippen LogP contribution in [0.4, 0.5) is 0 Å². The molecule has 0 atom stereocenters. The van der Waals surface area contributed by atoms with Gasteiger partial charge in [0.1, 0.15) is 0 Å². The summed E-state index contributed by atoms with van der Waals surface area (Å²) >= 11 is 0. The molecule has 0 unspecified atom stereocenters. The summed E-state index contributed by atoms with van der Waals surface area (Å²) in [6.07, 6.45) is 3.72. The van der Waals surface area contributed by atoms with Gasteiger partial charge in [0, 0.05) is 19.9 Å². The number of carbonyl (C=O) groups is 1. The summed E-state index contributed by atoms with van der Waals surface area (Å²) in [6.45, 7) is 11.7. The van der Waals surface area contributed by atoms with E-state index < -0.39 is 0 Å². The van der Waals surface area contributed by atoms with Crippen molar-refractivity contribution in [2.75, 3.05) is 19.6 Å². The molecular weight excluding hydrogens is 212 g/mol. The zero-order chi connectivity index (χ0) is 12.8. The normalized spacial score (nSPS) is 18.9. The van der Waals surface area contributed by atoms with Crippen LogP contribution in [0.25, 0.3) is 0 Å². The molecule has 0 spiro atoms. The van der Waals surface area contributed by atoms with E-state index in [1.807, 2.05) is 13.8 Å². The van der Waals surface area contributed by atoms with Gasteiger partial charge in [-0.25, -0.2) is 0 Å². The lowest BCUT2D eigenvalue weighted by molar-refractivity contribution is -0.124. The molecule has 1 heterocycles. The fraction of sp³-hybridized carbons (Fsp3) is 0.929. The lowest BCUT2D eigenvalue weighted by Crippen LogP contribution is -2.39. The first-order valence-corrected chi connectivity index (χ1v) is 7.02. The van der Waals surface area contributed by atoms with E-state index in [1.54, 1.807) is 0 Å². The third-order valence-corrected chi connectivity index (χ3v) is 3.76. The summed E-state index contributed by atoms with van der Waals surface area (Å²) in [5.74, 6) is 1.10. The Labute approximate surface area is 107 Å². The maximum atomic E-state index is 11.4. The molecule has 0 radical (unpaired) electrons. The molecule has 1 fully saturated rings. The second kappa shape index (κ2) is 7.00. The van der Waals surface area contributed by atoms with E-state index in [9.17, 15) is 4.79 Å². The molecule has 3 nitrogen and oxygen atoms in total. The highest BCUT2D eigenvalue weighted by molar-refractivity contribution is 5.77. The maximum Gasteiger partial charge on any atom is 0.222 e. The number of hydrogen-bond acceptors (Lipinski definition) is 2. The van der Waals surface area contributed by atoms with Crippen LogP contribution in [0.2, 0.25) is 0 Å². The van der Waals surface area contributed by atoms with Gasteiger partial charge < -0.3 is 10.2 Å². The van der Waals surface area contributed by atoms with E-state index in [4.69, 9.17) is 0 Å². The summed E-state index contributed by atoms with van der Waals surface area (Å²) in [5.41, 5.74) is 0. The van der Waals surface area contributed by atoms with Crippen LogP contribution < -0.4 is 5.32 Å². The molecule has 0 bridgehead atoms. The second-order valence-electron chi connectivity index (χ2n) is 5.81. The minimum Gasteiger partial charge on any atom is -0.356 e. The van der Waals surface area contributed by atoms with E-state index in [2.05, 4.69) is 24.1 Å². The smallest absolute Gasteiger partial charge is 0.222 e. The molecule has 0 aromatic rings. The van der Waals surface area contributed by atoms with E-state index in [0.29, 0.717) is 6.04 Å². The molecule has 0 aromatic carbocycles. The summed E-state index contributed by atoms with van der Waals surface area (Å²) in [4.78, 5) is 14.0. The van der Waals surface area contributed by atoms with Gasteiger partial charge in [0.2, 0.25) is 5.91 Å². The quantitative estimate of drug-likeness (QED) is 0.803. The van der Waals surface area contributed by atoms with Crippen LogP contribution in [0.3, 0.4) is 0 Å². The zero-order valence-electron chi connectivity index (χ0n) is 11.8. The lowest BCUT2D eigenvalue weighted by Gasteiger charge is -2.34. The first-order valence-electron chi connectivity index (χ1n) is 7.02. The third-order valence-electron chi connectivity index (χ3n) is 3.76. The van der Waals surface area contributed by atoms with Gasteiger partial charge >= 0.3 is 0 Å². The molecule has 1 saturated heterocycles. The number of rotatable bonds is 5. The van der Waals surface area contributed by atoms with Gasteiger partial charge in [0.05, 0.1) is 0 Å². The predicted molar refractivity (Wildman–Crippen MR) is 74.0 cm³/mol. The Morgan fingerprint density at radius 3 is 2.35 bits per heavy atom. The molecule has 1 amide bonds. The van der Waals surface area contributed by atoms with Crippen LogP contribution in [-0.2, 0) is 4.79 Å². The number of carbonyl (C=O) groups excluding carboxylic acids is 1. The molecule has 1 rings (SSSR count). The van der Waals surface area contributed by atoms with Crippen molar-refractivity contribution in [1.29, 1.82) is 0 Å². The largest absolute Gasteiger partial charge is 0.356 e. The summed E-state index contributed by atoms with van der Waals surface area (Å²) in [5, 5.41) is 3.01. The first kappa shape index (κ1) is 14.5. The number of amides is 1. The summed E-state index contributed by atoms with van der Waals surface area (Å²) in [7, 11) is 0. The minimum absolute atomic E-state index is 0. The maximum absolute atomic E-state index is 11.4. The molecule has 1 N–H and O–H groups in total. The molecule has 1 aliphatic heterocycles. The van der Waals surface area contributed by atoms with Crippen LogP contribution in [-0.4, -0.2) is 36.5 Å². The summed E-state index contributed by atoms with van der Waals surface area (Å²) < 4.78 is 0. The molecule has 102 valence electrons. The third kappa shape index (κ3) is 5.07. The monoisotopic (exact) mass is 242 g/mol. The van der Waals surface area contributed by atoms with Crippen LogP contribution in [0.1, 0.15) is 48.4 Å². The van der Waals surface area contributed by atoms with Crippen LogP contribution in [0.5, 0.6) is 0 Å². The Bertz CT molecular complexity index is 236. The van der Waals surface area contributed by atoms with E-state index in [0.717, 1.165) is 18.9 Å². The second-order valence-corrected chi connectivity index (χ2v) is 5.81. The van der Waals surface area contributed by atoms with Crippen LogP contribution in [0, 0.1) is 11.8 Å². The molecule has 1 aliphatic rings.